The highest BCUT2D eigenvalue weighted by molar-refractivity contribution is 6.30. The molecule has 1 unspecified atom stereocenters. The average Bonchev–Trinajstić information content (AvgIpc) is 3.26. The van der Waals surface area contributed by atoms with E-state index in [-0.39, 0.29) is 18.0 Å². The number of amides is 3. The third-order valence-electron chi connectivity index (χ3n) is 5.63. The summed E-state index contributed by atoms with van der Waals surface area (Å²) in [6.07, 6.45) is 0.352. The molecular weight excluding hydrogens is 420 g/mol. The van der Waals surface area contributed by atoms with Gasteiger partial charge in [0.2, 0.25) is 5.58 Å². The Morgan fingerprint density at radius 3 is 2.58 bits per heavy atom. The number of imide groups is 1. The quantitative estimate of drug-likeness (QED) is 0.474. The first-order valence-corrected chi connectivity index (χ1v) is 10.1. The molecule has 3 amide bonds. The summed E-state index contributed by atoms with van der Waals surface area (Å²) in [6, 6.07) is 13.4. The van der Waals surface area contributed by atoms with Gasteiger partial charge in [-0.2, -0.15) is 0 Å². The molecular formula is C22H17ClN4O4. The molecule has 0 aliphatic carbocycles. The monoisotopic (exact) mass is 436 g/mol. The van der Waals surface area contributed by atoms with E-state index in [2.05, 4.69) is 15.3 Å². The van der Waals surface area contributed by atoms with E-state index in [9.17, 15) is 14.4 Å². The molecule has 0 bridgehead atoms. The average molecular weight is 437 g/mol. The van der Waals surface area contributed by atoms with Crippen LogP contribution >= 0.6 is 11.6 Å². The number of aromatic nitrogens is 2. The van der Waals surface area contributed by atoms with E-state index >= 15 is 0 Å². The van der Waals surface area contributed by atoms with Gasteiger partial charge in [-0.15, -0.1) is 0 Å². The molecule has 5 rings (SSSR count). The number of hydrogen-bond acceptors (Lipinski definition) is 5. The van der Waals surface area contributed by atoms with Crippen molar-refractivity contribution in [2.75, 3.05) is 0 Å². The van der Waals surface area contributed by atoms with Gasteiger partial charge in [0.25, 0.3) is 11.5 Å². The molecule has 1 aliphatic rings. The lowest BCUT2D eigenvalue weighted by Crippen LogP contribution is -2.43. The third-order valence-corrected chi connectivity index (χ3v) is 5.88. The molecule has 0 spiro atoms. The van der Waals surface area contributed by atoms with Crippen LogP contribution in [0.3, 0.4) is 0 Å². The van der Waals surface area contributed by atoms with Crippen molar-refractivity contribution in [3.05, 3.63) is 75.3 Å². The number of halogens is 1. The molecule has 9 heteroatoms. The van der Waals surface area contributed by atoms with Gasteiger partial charge in [-0.3, -0.25) is 14.5 Å². The lowest BCUT2D eigenvalue weighted by atomic mass is 9.87. The Bertz CT molecular complexity index is 1410. The van der Waals surface area contributed by atoms with Crippen LogP contribution in [0.2, 0.25) is 5.02 Å². The largest absolute Gasteiger partial charge is 0.449 e. The SMILES string of the molecule is CCC1(c2ccc(Cl)cc2)NC(=O)N(Cc2nc3c(oc4ccccc43)c(=O)[nH]2)C1=O. The molecule has 1 aliphatic heterocycles. The van der Waals surface area contributed by atoms with Gasteiger partial charge in [0.15, 0.2) is 0 Å². The van der Waals surface area contributed by atoms with Crippen LogP contribution in [-0.4, -0.2) is 26.8 Å². The summed E-state index contributed by atoms with van der Waals surface area (Å²) < 4.78 is 5.59. The van der Waals surface area contributed by atoms with Crippen LogP contribution in [0.25, 0.3) is 22.1 Å². The Balaban J connectivity index is 1.54. The summed E-state index contributed by atoms with van der Waals surface area (Å²) in [4.78, 5) is 46.8. The number of nitrogens with one attached hydrogen (secondary N) is 2. The number of aromatic amines is 1. The van der Waals surface area contributed by atoms with Crippen molar-refractivity contribution in [1.82, 2.24) is 20.2 Å². The molecule has 4 aromatic rings. The molecule has 2 aromatic carbocycles. The Hall–Kier alpha value is -3.65. The minimum absolute atomic E-state index is 0.103. The predicted molar refractivity (Wildman–Crippen MR) is 115 cm³/mol. The minimum atomic E-state index is -1.20. The summed E-state index contributed by atoms with van der Waals surface area (Å²) >= 11 is 5.97. The number of nitrogens with zero attached hydrogens (tertiary/aromatic N) is 2. The smallest absolute Gasteiger partial charge is 0.325 e. The molecule has 31 heavy (non-hydrogen) atoms. The molecule has 8 nitrogen and oxygen atoms in total. The van der Waals surface area contributed by atoms with Gasteiger partial charge >= 0.3 is 6.03 Å². The summed E-state index contributed by atoms with van der Waals surface area (Å²) in [6.45, 7) is 1.64. The first kappa shape index (κ1) is 19.3. The van der Waals surface area contributed by atoms with Crippen LogP contribution < -0.4 is 10.9 Å². The zero-order valence-corrected chi connectivity index (χ0v) is 17.2. The van der Waals surface area contributed by atoms with E-state index in [0.29, 0.717) is 33.5 Å². The van der Waals surface area contributed by atoms with Gasteiger partial charge in [0.05, 0.1) is 6.54 Å². The Morgan fingerprint density at radius 1 is 1.10 bits per heavy atom. The minimum Gasteiger partial charge on any atom is -0.449 e. The highest BCUT2D eigenvalue weighted by Crippen LogP contribution is 2.34. The number of furan rings is 1. The molecule has 1 atom stereocenters. The van der Waals surface area contributed by atoms with Crippen molar-refractivity contribution in [1.29, 1.82) is 0 Å². The second-order valence-electron chi connectivity index (χ2n) is 7.38. The molecule has 0 radical (unpaired) electrons. The zero-order chi connectivity index (χ0) is 21.8. The standard InChI is InChI=1S/C22H17ClN4O4/c1-2-22(12-7-9-13(23)10-8-12)20(29)27(21(30)26-22)11-16-24-17-14-5-3-4-6-15(14)31-18(17)19(28)25-16/h3-10H,2,11H2,1H3,(H,26,30)(H,24,25,28). The fraction of sp³-hybridized carbons (Fsp3) is 0.182. The number of H-pyrrole nitrogens is 1. The molecule has 3 heterocycles. The van der Waals surface area contributed by atoms with Crippen molar-refractivity contribution in [3.63, 3.8) is 0 Å². The van der Waals surface area contributed by atoms with Gasteiger partial charge in [-0.25, -0.2) is 9.78 Å². The van der Waals surface area contributed by atoms with E-state index in [1.54, 1.807) is 42.5 Å². The number of rotatable bonds is 4. The molecule has 2 N–H and O–H groups in total. The number of carbonyl (C=O) groups is 2. The van der Waals surface area contributed by atoms with Crippen LogP contribution in [0, 0.1) is 0 Å². The molecule has 156 valence electrons. The van der Waals surface area contributed by atoms with E-state index in [0.717, 1.165) is 4.90 Å². The van der Waals surface area contributed by atoms with E-state index in [1.807, 2.05) is 13.0 Å². The molecule has 1 saturated heterocycles. The van der Waals surface area contributed by atoms with E-state index < -0.39 is 23.0 Å². The number of hydrogen-bond donors (Lipinski definition) is 2. The predicted octanol–water partition coefficient (Wildman–Crippen LogP) is 3.68. The number of urea groups is 1. The van der Waals surface area contributed by atoms with Crippen molar-refractivity contribution < 1.29 is 14.0 Å². The van der Waals surface area contributed by atoms with Crippen LogP contribution in [0.1, 0.15) is 24.7 Å². The highest BCUT2D eigenvalue weighted by Gasteiger charge is 2.51. The van der Waals surface area contributed by atoms with Crippen LogP contribution in [-0.2, 0) is 16.9 Å². The van der Waals surface area contributed by atoms with E-state index in [4.69, 9.17) is 16.0 Å². The van der Waals surface area contributed by atoms with Gasteiger partial charge in [0, 0.05) is 10.4 Å². The number of para-hydroxylation sites is 1. The van der Waals surface area contributed by atoms with Crippen LogP contribution in [0.15, 0.2) is 57.7 Å². The number of fused-ring (bicyclic) bond motifs is 3. The molecule has 1 fully saturated rings. The molecule has 0 saturated carbocycles. The summed E-state index contributed by atoms with van der Waals surface area (Å²) in [5, 5.41) is 4.02. The summed E-state index contributed by atoms with van der Waals surface area (Å²) in [5.41, 5.74) is -0.00263. The Kier molecular flexibility index (Phi) is 4.33. The van der Waals surface area contributed by atoms with Crippen molar-refractivity contribution in [3.8, 4) is 0 Å². The van der Waals surface area contributed by atoms with Crippen molar-refractivity contribution in [2.24, 2.45) is 0 Å². The lowest BCUT2D eigenvalue weighted by Gasteiger charge is -2.25. The van der Waals surface area contributed by atoms with Crippen LogP contribution in [0.4, 0.5) is 4.79 Å². The number of benzene rings is 2. The van der Waals surface area contributed by atoms with Gasteiger partial charge < -0.3 is 14.7 Å². The summed E-state index contributed by atoms with van der Waals surface area (Å²) in [7, 11) is 0. The second kappa shape index (κ2) is 6.95. The molecule has 2 aromatic heterocycles. The maximum absolute atomic E-state index is 13.3. The normalized spacial score (nSPS) is 18.8. The fourth-order valence-corrected chi connectivity index (χ4v) is 4.14. The Labute approximate surface area is 180 Å². The van der Waals surface area contributed by atoms with Crippen LogP contribution in [0.5, 0.6) is 0 Å². The third kappa shape index (κ3) is 2.90. The fourth-order valence-electron chi connectivity index (χ4n) is 4.02. The van der Waals surface area contributed by atoms with Gasteiger partial charge in [0.1, 0.15) is 22.5 Å². The lowest BCUT2D eigenvalue weighted by molar-refractivity contribution is -0.132. The van der Waals surface area contributed by atoms with E-state index in [1.165, 1.54) is 0 Å². The first-order valence-electron chi connectivity index (χ1n) is 9.73. The summed E-state index contributed by atoms with van der Waals surface area (Å²) in [5.74, 6) is -0.224. The second-order valence-corrected chi connectivity index (χ2v) is 7.81. The number of carbonyl (C=O) groups excluding carboxylic acids is 2. The van der Waals surface area contributed by atoms with Crippen molar-refractivity contribution in [2.45, 2.75) is 25.4 Å². The maximum atomic E-state index is 13.3. The topological polar surface area (TPSA) is 108 Å². The van der Waals surface area contributed by atoms with Gasteiger partial charge in [-0.05, 0) is 36.2 Å². The highest BCUT2D eigenvalue weighted by atomic mass is 35.5. The van der Waals surface area contributed by atoms with Crippen molar-refractivity contribution >= 4 is 45.6 Å². The zero-order valence-electron chi connectivity index (χ0n) is 16.4. The first-order chi connectivity index (χ1) is 14.9. The Morgan fingerprint density at radius 2 is 1.84 bits per heavy atom. The maximum Gasteiger partial charge on any atom is 0.325 e. The van der Waals surface area contributed by atoms with Gasteiger partial charge in [-0.1, -0.05) is 42.8 Å².